The van der Waals surface area contributed by atoms with Crippen LogP contribution in [-0.2, 0) is 11.3 Å². The number of hydrogen-bond acceptors (Lipinski definition) is 4. The van der Waals surface area contributed by atoms with Gasteiger partial charge >= 0.3 is 0 Å². The van der Waals surface area contributed by atoms with Crippen LogP contribution in [0.15, 0.2) is 10.8 Å². The minimum absolute atomic E-state index is 0.0142. The van der Waals surface area contributed by atoms with E-state index >= 15 is 0 Å². The van der Waals surface area contributed by atoms with E-state index in [0.29, 0.717) is 11.5 Å². The van der Waals surface area contributed by atoms with Gasteiger partial charge in [0.15, 0.2) is 12.2 Å². The predicted molar refractivity (Wildman–Crippen MR) is 44.9 cm³/mol. The van der Waals surface area contributed by atoms with Crippen LogP contribution in [0.1, 0.15) is 37.3 Å². The second kappa shape index (κ2) is 3.47. The van der Waals surface area contributed by atoms with Gasteiger partial charge in [-0.2, -0.15) is 0 Å². The Morgan fingerprint density at radius 1 is 1.62 bits per heavy atom. The Bertz CT molecular complexity index is 284. The molecule has 72 valence electrons. The van der Waals surface area contributed by atoms with Gasteiger partial charge in [0.1, 0.15) is 11.8 Å². The highest BCUT2D eigenvalue weighted by Crippen LogP contribution is 2.33. The molecule has 2 rings (SSSR count). The normalized spacial score (nSPS) is 28.2. The van der Waals surface area contributed by atoms with Gasteiger partial charge in [0.2, 0.25) is 0 Å². The average molecular weight is 183 g/mol. The second-order valence-electron chi connectivity index (χ2n) is 3.33. The van der Waals surface area contributed by atoms with Crippen LogP contribution in [0.4, 0.5) is 0 Å². The Labute approximate surface area is 76.5 Å². The molecule has 4 heteroatoms. The van der Waals surface area contributed by atoms with Gasteiger partial charge in [-0.25, -0.2) is 4.98 Å². The predicted octanol–water partition coefficient (Wildman–Crippen LogP) is 1.41. The van der Waals surface area contributed by atoms with E-state index in [2.05, 4.69) is 4.98 Å². The summed E-state index contributed by atoms with van der Waals surface area (Å²) in [6.45, 7) is 1.95. The fourth-order valence-corrected chi connectivity index (χ4v) is 1.65. The fourth-order valence-electron chi connectivity index (χ4n) is 1.65. The summed E-state index contributed by atoms with van der Waals surface area (Å²) in [6.07, 6.45) is 3.61. The van der Waals surface area contributed by atoms with Crippen LogP contribution in [0.2, 0.25) is 0 Å². The quantitative estimate of drug-likeness (QED) is 0.753. The third kappa shape index (κ3) is 1.59. The van der Waals surface area contributed by atoms with Crippen molar-refractivity contribution in [2.75, 3.05) is 0 Å². The summed E-state index contributed by atoms with van der Waals surface area (Å²) in [5.74, 6) is 0.687. The molecule has 2 atom stereocenters. The zero-order valence-corrected chi connectivity index (χ0v) is 7.56. The van der Waals surface area contributed by atoms with Crippen LogP contribution in [0.5, 0.6) is 0 Å². The van der Waals surface area contributed by atoms with Crippen molar-refractivity contribution in [2.45, 2.75) is 38.6 Å². The molecule has 1 aliphatic heterocycles. The molecule has 0 spiro atoms. The van der Waals surface area contributed by atoms with Crippen molar-refractivity contribution in [3.63, 3.8) is 0 Å². The zero-order chi connectivity index (χ0) is 9.26. The van der Waals surface area contributed by atoms with Crippen molar-refractivity contribution in [1.29, 1.82) is 0 Å². The maximum atomic E-state index is 8.96. The van der Waals surface area contributed by atoms with E-state index in [9.17, 15) is 0 Å². The molecule has 0 bridgehead atoms. The number of aliphatic hydroxyl groups is 1. The first-order valence-corrected chi connectivity index (χ1v) is 4.50. The van der Waals surface area contributed by atoms with E-state index in [-0.39, 0.29) is 18.8 Å². The molecule has 1 fully saturated rings. The molecule has 1 aromatic rings. The number of oxazole rings is 1. The summed E-state index contributed by atoms with van der Waals surface area (Å²) in [4.78, 5) is 3.91. The second-order valence-corrected chi connectivity index (χ2v) is 3.33. The Balaban J connectivity index is 2.16. The van der Waals surface area contributed by atoms with Crippen molar-refractivity contribution >= 4 is 0 Å². The molecule has 0 aliphatic carbocycles. The molecule has 2 heterocycles. The van der Waals surface area contributed by atoms with Crippen molar-refractivity contribution in [1.82, 2.24) is 4.98 Å². The van der Waals surface area contributed by atoms with Gasteiger partial charge in [0.25, 0.3) is 0 Å². The van der Waals surface area contributed by atoms with E-state index in [1.807, 2.05) is 6.92 Å². The van der Waals surface area contributed by atoms with E-state index in [1.165, 1.54) is 6.39 Å². The lowest BCUT2D eigenvalue weighted by atomic mass is 10.1. The SMILES string of the molecule is CC1CCC(c2ocnc2CO)O1. The smallest absolute Gasteiger partial charge is 0.181 e. The molecule has 4 nitrogen and oxygen atoms in total. The van der Waals surface area contributed by atoms with Crippen LogP contribution in [-0.4, -0.2) is 16.2 Å². The Morgan fingerprint density at radius 3 is 3.08 bits per heavy atom. The highest BCUT2D eigenvalue weighted by atomic mass is 16.5. The minimum atomic E-state index is -0.0833. The molecular formula is C9H13NO3. The van der Waals surface area contributed by atoms with Gasteiger partial charge in [-0.15, -0.1) is 0 Å². The summed E-state index contributed by atoms with van der Waals surface area (Å²) in [5.41, 5.74) is 0.596. The Kier molecular flexibility index (Phi) is 2.33. The van der Waals surface area contributed by atoms with Crippen molar-refractivity contribution < 1.29 is 14.3 Å². The first-order chi connectivity index (χ1) is 6.31. The van der Waals surface area contributed by atoms with Crippen LogP contribution in [0, 0.1) is 0 Å². The molecule has 1 saturated heterocycles. The number of hydrogen-bond donors (Lipinski definition) is 1. The minimum Gasteiger partial charge on any atom is -0.445 e. The van der Waals surface area contributed by atoms with Crippen LogP contribution >= 0.6 is 0 Å². The van der Waals surface area contributed by atoms with Gasteiger partial charge < -0.3 is 14.3 Å². The van der Waals surface area contributed by atoms with Crippen molar-refractivity contribution in [2.24, 2.45) is 0 Å². The number of aromatic nitrogens is 1. The van der Waals surface area contributed by atoms with Crippen LogP contribution in [0.3, 0.4) is 0 Å². The summed E-state index contributed by atoms with van der Waals surface area (Å²) in [6, 6.07) is 0. The van der Waals surface area contributed by atoms with E-state index in [1.54, 1.807) is 0 Å². The molecular weight excluding hydrogens is 170 g/mol. The topological polar surface area (TPSA) is 55.5 Å². The monoisotopic (exact) mass is 183 g/mol. The molecule has 0 amide bonds. The maximum absolute atomic E-state index is 8.96. The number of ether oxygens (including phenoxy) is 1. The maximum Gasteiger partial charge on any atom is 0.181 e. The number of nitrogens with zero attached hydrogens (tertiary/aromatic N) is 1. The number of rotatable bonds is 2. The fraction of sp³-hybridized carbons (Fsp3) is 0.667. The third-order valence-electron chi connectivity index (χ3n) is 2.35. The van der Waals surface area contributed by atoms with Gasteiger partial charge in [-0.1, -0.05) is 0 Å². The Morgan fingerprint density at radius 2 is 2.46 bits per heavy atom. The highest BCUT2D eigenvalue weighted by molar-refractivity contribution is 5.10. The highest BCUT2D eigenvalue weighted by Gasteiger charge is 2.28. The zero-order valence-electron chi connectivity index (χ0n) is 7.56. The molecule has 13 heavy (non-hydrogen) atoms. The van der Waals surface area contributed by atoms with Gasteiger partial charge in [0, 0.05) is 0 Å². The summed E-state index contributed by atoms with van der Waals surface area (Å²) >= 11 is 0. The van der Waals surface area contributed by atoms with Crippen molar-refractivity contribution in [3.05, 3.63) is 17.8 Å². The number of aliphatic hydroxyl groups excluding tert-OH is 1. The van der Waals surface area contributed by atoms with Crippen LogP contribution in [0.25, 0.3) is 0 Å². The van der Waals surface area contributed by atoms with Gasteiger partial charge in [-0.05, 0) is 19.8 Å². The lowest BCUT2D eigenvalue weighted by Crippen LogP contribution is -2.02. The molecule has 0 saturated carbocycles. The van der Waals surface area contributed by atoms with Gasteiger partial charge in [-0.3, -0.25) is 0 Å². The molecule has 0 radical (unpaired) electrons. The summed E-state index contributed by atoms with van der Waals surface area (Å²) in [5, 5.41) is 8.96. The third-order valence-corrected chi connectivity index (χ3v) is 2.35. The molecule has 2 unspecified atom stereocenters. The van der Waals surface area contributed by atoms with Crippen LogP contribution < -0.4 is 0 Å². The molecule has 0 aromatic carbocycles. The standard InChI is InChI=1S/C9H13NO3/c1-6-2-3-8(13-6)9-7(4-11)10-5-12-9/h5-6,8,11H,2-4H2,1H3. The van der Waals surface area contributed by atoms with E-state index in [4.69, 9.17) is 14.3 Å². The summed E-state index contributed by atoms with van der Waals surface area (Å²) in [7, 11) is 0. The molecule has 1 N–H and O–H groups in total. The van der Waals surface area contributed by atoms with Gasteiger partial charge in [0.05, 0.1) is 12.7 Å². The first kappa shape index (κ1) is 8.72. The average Bonchev–Trinajstić information content (AvgIpc) is 2.71. The molecule has 1 aromatic heterocycles. The lowest BCUT2D eigenvalue weighted by molar-refractivity contribution is 0.0408. The summed E-state index contributed by atoms with van der Waals surface area (Å²) < 4.78 is 10.8. The molecule has 1 aliphatic rings. The van der Waals surface area contributed by atoms with Crippen molar-refractivity contribution in [3.8, 4) is 0 Å². The lowest BCUT2D eigenvalue weighted by Gasteiger charge is -2.08. The Hall–Kier alpha value is -0.870. The van der Waals surface area contributed by atoms with E-state index < -0.39 is 0 Å². The van der Waals surface area contributed by atoms with E-state index in [0.717, 1.165) is 12.8 Å². The first-order valence-electron chi connectivity index (χ1n) is 4.50. The largest absolute Gasteiger partial charge is 0.445 e.